The summed E-state index contributed by atoms with van der Waals surface area (Å²) in [7, 11) is 0. The summed E-state index contributed by atoms with van der Waals surface area (Å²) >= 11 is 0. The number of likely N-dealkylation sites (tertiary alicyclic amines) is 1. The van der Waals surface area contributed by atoms with Crippen LogP contribution >= 0.6 is 0 Å². The lowest BCUT2D eigenvalue weighted by molar-refractivity contribution is -0.143. The minimum atomic E-state index is -1.18. The van der Waals surface area contributed by atoms with E-state index in [0.717, 1.165) is 30.5 Å². The van der Waals surface area contributed by atoms with E-state index >= 15 is 0 Å². The summed E-state index contributed by atoms with van der Waals surface area (Å²) in [6.45, 7) is 10.8. The highest BCUT2D eigenvalue weighted by Crippen LogP contribution is 2.55. The van der Waals surface area contributed by atoms with Gasteiger partial charge in [0.2, 0.25) is 11.8 Å². The molecule has 1 spiro atoms. The molecule has 1 aromatic carbocycles. The van der Waals surface area contributed by atoms with E-state index in [0.29, 0.717) is 19.0 Å². The molecule has 3 heterocycles. The molecule has 2 fully saturated rings. The van der Waals surface area contributed by atoms with Crippen molar-refractivity contribution in [2.45, 2.75) is 51.6 Å². The smallest absolute Gasteiger partial charge is 0.253 e. The maximum atomic E-state index is 13.9. The van der Waals surface area contributed by atoms with Crippen molar-refractivity contribution in [3.63, 3.8) is 0 Å². The van der Waals surface area contributed by atoms with E-state index in [2.05, 4.69) is 25.7 Å². The summed E-state index contributed by atoms with van der Waals surface area (Å²) in [5, 5.41) is 3.54. The van der Waals surface area contributed by atoms with Crippen LogP contribution in [-0.2, 0) is 19.9 Å². The summed E-state index contributed by atoms with van der Waals surface area (Å²) in [6, 6.07) is 7.42. The SMILES string of the molecule is C=CCN1C(=O)[C@]2(N[C@H](CC(C)C)[C@@H]3C(=O)N(CCCC)C(=O)[C@@H]32)c2ccccc21. The van der Waals surface area contributed by atoms with Gasteiger partial charge in [-0.05, 0) is 24.8 Å². The molecule has 3 aliphatic heterocycles. The normalized spacial score (nSPS) is 30.0. The average Bonchev–Trinajstić information content (AvgIpc) is 3.26. The molecule has 3 aliphatic rings. The Kier molecular flexibility index (Phi) is 5.30. The number of carbonyl (C=O) groups excluding carboxylic acids is 3. The molecule has 0 saturated carbocycles. The minimum absolute atomic E-state index is 0.124. The van der Waals surface area contributed by atoms with Crippen molar-refractivity contribution >= 4 is 23.4 Å². The van der Waals surface area contributed by atoms with E-state index in [1.54, 1.807) is 11.0 Å². The number of nitrogens with zero attached hydrogens (tertiary/aromatic N) is 2. The number of benzene rings is 1. The molecule has 160 valence electrons. The van der Waals surface area contributed by atoms with Crippen LogP contribution in [0.5, 0.6) is 0 Å². The maximum absolute atomic E-state index is 13.9. The second kappa shape index (κ2) is 7.65. The van der Waals surface area contributed by atoms with Crippen LogP contribution in [0.25, 0.3) is 0 Å². The molecule has 30 heavy (non-hydrogen) atoms. The van der Waals surface area contributed by atoms with E-state index in [-0.39, 0.29) is 23.8 Å². The van der Waals surface area contributed by atoms with Crippen LogP contribution in [0, 0.1) is 17.8 Å². The molecule has 4 atom stereocenters. The zero-order valence-electron chi connectivity index (χ0n) is 18.1. The Hall–Kier alpha value is -2.47. The number of amides is 3. The van der Waals surface area contributed by atoms with Crippen LogP contribution in [0.3, 0.4) is 0 Å². The number of para-hydroxylation sites is 1. The van der Waals surface area contributed by atoms with Gasteiger partial charge in [0.25, 0.3) is 5.91 Å². The predicted octanol–water partition coefficient (Wildman–Crippen LogP) is 2.83. The first-order chi connectivity index (χ1) is 14.4. The largest absolute Gasteiger partial charge is 0.306 e. The van der Waals surface area contributed by atoms with Gasteiger partial charge in [-0.3, -0.25) is 24.6 Å². The van der Waals surface area contributed by atoms with E-state index < -0.39 is 17.4 Å². The molecular weight excluding hydrogens is 378 g/mol. The van der Waals surface area contributed by atoms with Gasteiger partial charge in [-0.15, -0.1) is 6.58 Å². The lowest BCUT2D eigenvalue weighted by Gasteiger charge is -2.30. The number of carbonyl (C=O) groups is 3. The Labute approximate surface area is 178 Å². The monoisotopic (exact) mass is 409 g/mol. The van der Waals surface area contributed by atoms with Gasteiger partial charge in [0.15, 0.2) is 0 Å². The number of fused-ring (bicyclic) bond motifs is 4. The van der Waals surface area contributed by atoms with Crippen molar-refractivity contribution in [3.05, 3.63) is 42.5 Å². The van der Waals surface area contributed by atoms with E-state index in [1.807, 2.05) is 31.2 Å². The summed E-state index contributed by atoms with van der Waals surface area (Å²) in [5.74, 6) is -1.35. The molecule has 0 aromatic heterocycles. The van der Waals surface area contributed by atoms with Crippen LogP contribution in [0.15, 0.2) is 36.9 Å². The van der Waals surface area contributed by atoms with Gasteiger partial charge in [-0.25, -0.2) is 0 Å². The van der Waals surface area contributed by atoms with Crippen LogP contribution in [0.4, 0.5) is 5.69 Å². The van der Waals surface area contributed by atoms with Gasteiger partial charge < -0.3 is 4.90 Å². The molecule has 2 saturated heterocycles. The van der Waals surface area contributed by atoms with Crippen molar-refractivity contribution in [2.75, 3.05) is 18.0 Å². The summed E-state index contributed by atoms with van der Waals surface area (Å²) in [5.41, 5.74) is 0.417. The number of rotatable bonds is 7. The summed E-state index contributed by atoms with van der Waals surface area (Å²) in [6.07, 6.45) is 4.11. The molecule has 0 radical (unpaired) electrons. The highest BCUT2D eigenvalue weighted by Gasteiger charge is 2.71. The number of imide groups is 1. The Morgan fingerprint density at radius 1 is 1.17 bits per heavy atom. The number of nitrogens with one attached hydrogen (secondary N) is 1. The number of hydrogen-bond donors (Lipinski definition) is 1. The van der Waals surface area contributed by atoms with Crippen LogP contribution in [0.2, 0.25) is 0 Å². The molecule has 1 N–H and O–H groups in total. The molecule has 3 amide bonds. The second-order valence-electron chi connectivity index (χ2n) is 9.10. The fraction of sp³-hybridized carbons (Fsp3) is 0.542. The molecule has 6 heteroatoms. The fourth-order valence-corrected chi connectivity index (χ4v) is 5.56. The molecular formula is C24H31N3O3. The number of hydrogen-bond acceptors (Lipinski definition) is 4. The van der Waals surface area contributed by atoms with Crippen molar-refractivity contribution in [1.82, 2.24) is 10.2 Å². The zero-order valence-corrected chi connectivity index (χ0v) is 18.1. The van der Waals surface area contributed by atoms with Crippen LogP contribution in [-0.4, -0.2) is 41.8 Å². The molecule has 4 rings (SSSR count). The number of anilines is 1. The minimum Gasteiger partial charge on any atom is -0.306 e. The predicted molar refractivity (Wildman–Crippen MR) is 116 cm³/mol. The van der Waals surface area contributed by atoms with E-state index in [4.69, 9.17) is 0 Å². The third-order valence-electron chi connectivity index (χ3n) is 6.73. The standard InChI is InChI=1S/C24H31N3O3/c1-5-7-13-27-21(28)19-17(14-15(3)4)25-24(20(19)22(27)29)16-10-8-9-11-18(16)26(12-6-2)23(24)30/h6,8-11,15,17,19-20,25H,2,5,7,12-14H2,1,3-4H3/t17-,19+,20-,24+/m1/s1. The molecule has 0 aliphatic carbocycles. The fourth-order valence-electron chi connectivity index (χ4n) is 5.56. The Morgan fingerprint density at radius 3 is 2.57 bits per heavy atom. The topological polar surface area (TPSA) is 69.7 Å². The second-order valence-corrected chi connectivity index (χ2v) is 9.10. The Morgan fingerprint density at radius 2 is 1.90 bits per heavy atom. The Bertz CT molecular complexity index is 895. The quantitative estimate of drug-likeness (QED) is 0.555. The third kappa shape index (κ3) is 2.77. The van der Waals surface area contributed by atoms with Crippen molar-refractivity contribution in [2.24, 2.45) is 17.8 Å². The molecule has 0 unspecified atom stereocenters. The van der Waals surface area contributed by atoms with Crippen LogP contribution < -0.4 is 10.2 Å². The summed E-state index contributed by atoms with van der Waals surface area (Å²) < 4.78 is 0. The van der Waals surface area contributed by atoms with E-state index in [1.165, 1.54) is 4.90 Å². The lowest BCUT2D eigenvalue weighted by atomic mass is 9.76. The first-order valence-corrected chi connectivity index (χ1v) is 11.0. The zero-order chi connectivity index (χ0) is 21.6. The van der Waals surface area contributed by atoms with Gasteiger partial charge in [0.05, 0.1) is 11.8 Å². The molecule has 1 aromatic rings. The number of unbranched alkanes of at least 4 members (excludes halogenated alkanes) is 1. The average molecular weight is 410 g/mol. The van der Waals surface area contributed by atoms with Gasteiger partial charge in [-0.1, -0.05) is 51.5 Å². The highest BCUT2D eigenvalue weighted by molar-refractivity contribution is 6.16. The Balaban J connectivity index is 1.85. The van der Waals surface area contributed by atoms with Crippen molar-refractivity contribution in [1.29, 1.82) is 0 Å². The van der Waals surface area contributed by atoms with E-state index in [9.17, 15) is 14.4 Å². The molecule has 0 bridgehead atoms. The van der Waals surface area contributed by atoms with Gasteiger partial charge in [-0.2, -0.15) is 0 Å². The van der Waals surface area contributed by atoms with Crippen molar-refractivity contribution in [3.8, 4) is 0 Å². The first-order valence-electron chi connectivity index (χ1n) is 11.0. The lowest BCUT2D eigenvalue weighted by Crippen LogP contribution is -2.55. The van der Waals surface area contributed by atoms with Crippen molar-refractivity contribution < 1.29 is 14.4 Å². The maximum Gasteiger partial charge on any atom is 0.253 e. The van der Waals surface area contributed by atoms with Gasteiger partial charge >= 0.3 is 0 Å². The summed E-state index contributed by atoms with van der Waals surface area (Å²) in [4.78, 5) is 43.9. The van der Waals surface area contributed by atoms with Gasteiger partial charge in [0.1, 0.15) is 5.54 Å². The third-order valence-corrected chi connectivity index (χ3v) is 6.73. The van der Waals surface area contributed by atoms with Crippen LogP contribution in [0.1, 0.15) is 45.6 Å². The highest BCUT2D eigenvalue weighted by atomic mass is 16.2. The van der Waals surface area contributed by atoms with Gasteiger partial charge in [0, 0.05) is 30.4 Å². The molecule has 6 nitrogen and oxygen atoms in total. The first kappa shape index (κ1) is 20.8.